The number of carbonyl (C=O) groups is 2. The van der Waals surface area contributed by atoms with E-state index in [1.165, 1.54) is 6.07 Å². The van der Waals surface area contributed by atoms with Gasteiger partial charge in [0.05, 0.1) is 16.6 Å². The molecule has 0 bridgehead atoms. The number of anilines is 1. The Morgan fingerprint density at radius 3 is 2.67 bits per heavy atom. The summed E-state index contributed by atoms with van der Waals surface area (Å²) in [7, 11) is 0. The number of aliphatic carboxylic acids is 1. The number of carboxylic acids is 1. The molecule has 0 aliphatic carbocycles. The fourth-order valence-electron chi connectivity index (χ4n) is 2.10. The van der Waals surface area contributed by atoms with E-state index in [9.17, 15) is 9.59 Å². The molecule has 6 heteroatoms. The number of nitrogens with zero attached hydrogens (tertiary/aromatic N) is 1. The average Bonchev–Trinajstić information content (AvgIpc) is 2.78. The number of halogens is 1. The zero-order valence-electron chi connectivity index (χ0n) is 9.60. The van der Waals surface area contributed by atoms with Crippen LogP contribution in [-0.4, -0.2) is 30.1 Å². The smallest absolute Gasteiger partial charge is 0.308 e. The number of rotatable bonds is 3. The number of amides is 1. The molecule has 1 saturated heterocycles. The molecule has 1 aliphatic rings. The van der Waals surface area contributed by atoms with E-state index in [4.69, 9.17) is 22.4 Å². The average molecular weight is 269 g/mol. The number of hydrogen-bond donors (Lipinski definition) is 2. The molecule has 0 spiro atoms. The summed E-state index contributed by atoms with van der Waals surface area (Å²) in [5, 5.41) is 9.36. The van der Waals surface area contributed by atoms with Crippen LogP contribution in [-0.2, 0) is 4.79 Å². The van der Waals surface area contributed by atoms with E-state index in [-0.39, 0.29) is 5.92 Å². The molecule has 1 heterocycles. The summed E-state index contributed by atoms with van der Waals surface area (Å²) >= 11 is 6.08. The molecule has 1 aromatic rings. The Kier molecular flexibility index (Phi) is 3.43. The predicted octanol–water partition coefficient (Wildman–Crippen LogP) is 1.35. The highest BCUT2D eigenvalue weighted by Gasteiger charge is 2.29. The highest BCUT2D eigenvalue weighted by Crippen LogP contribution is 2.31. The van der Waals surface area contributed by atoms with E-state index in [1.807, 2.05) is 4.90 Å². The zero-order valence-corrected chi connectivity index (χ0v) is 10.4. The Morgan fingerprint density at radius 1 is 1.44 bits per heavy atom. The maximum atomic E-state index is 11.0. The van der Waals surface area contributed by atoms with Crippen LogP contribution in [0, 0.1) is 5.92 Å². The van der Waals surface area contributed by atoms with Gasteiger partial charge < -0.3 is 15.7 Å². The van der Waals surface area contributed by atoms with Crippen molar-refractivity contribution in [3.8, 4) is 0 Å². The lowest BCUT2D eigenvalue weighted by atomic mass is 10.1. The van der Waals surface area contributed by atoms with E-state index < -0.39 is 11.9 Å². The molecule has 96 valence electrons. The number of hydrogen-bond acceptors (Lipinski definition) is 3. The fourth-order valence-corrected chi connectivity index (χ4v) is 2.40. The summed E-state index contributed by atoms with van der Waals surface area (Å²) in [6, 6.07) is 4.80. The van der Waals surface area contributed by atoms with Crippen molar-refractivity contribution in [2.45, 2.75) is 6.42 Å². The molecule has 1 amide bonds. The molecule has 0 aromatic heterocycles. The lowest BCUT2D eigenvalue weighted by Crippen LogP contribution is -2.23. The van der Waals surface area contributed by atoms with Gasteiger partial charge in [0, 0.05) is 18.7 Å². The van der Waals surface area contributed by atoms with Gasteiger partial charge in [0.2, 0.25) is 5.91 Å². The molecule has 1 aromatic carbocycles. The maximum absolute atomic E-state index is 11.0. The summed E-state index contributed by atoms with van der Waals surface area (Å²) < 4.78 is 0. The van der Waals surface area contributed by atoms with Gasteiger partial charge in [-0.25, -0.2) is 0 Å². The number of carbonyl (C=O) groups excluding carboxylic acids is 1. The van der Waals surface area contributed by atoms with Crippen molar-refractivity contribution in [1.82, 2.24) is 0 Å². The number of benzene rings is 1. The van der Waals surface area contributed by atoms with Crippen LogP contribution in [0.15, 0.2) is 18.2 Å². The van der Waals surface area contributed by atoms with Crippen molar-refractivity contribution in [3.05, 3.63) is 28.8 Å². The Morgan fingerprint density at radius 2 is 2.17 bits per heavy atom. The van der Waals surface area contributed by atoms with Gasteiger partial charge >= 0.3 is 5.97 Å². The van der Waals surface area contributed by atoms with E-state index >= 15 is 0 Å². The first-order valence-corrected chi connectivity index (χ1v) is 5.94. The minimum Gasteiger partial charge on any atom is -0.481 e. The molecule has 0 radical (unpaired) electrons. The van der Waals surface area contributed by atoms with Gasteiger partial charge in [-0.1, -0.05) is 11.6 Å². The van der Waals surface area contributed by atoms with Crippen molar-refractivity contribution in [1.29, 1.82) is 0 Å². The van der Waals surface area contributed by atoms with Gasteiger partial charge in [0.15, 0.2) is 0 Å². The largest absolute Gasteiger partial charge is 0.481 e. The van der Waals surface area contributed by atoms with Crippen molar-refractivity contribution in [3.63, 3.8) is 0 Å². The van der Waals surface area contributed by atoms with Crippen LogP contribution in [0.5, 0.6) is 0 Å². The monoisotopic (exact) mass is 268 g/mol. The molecule has 1 fully saturated rings. The minimum atomic E-state index is -0.789. The molecule has 0 saturated carbocycles. The standard InChI is InChI=1S/C12H13ClN2O3/c13-9-5-7(11(14)16)1-2-10(9)15-4-3-8(6-15)12(17)18/h1-2,5,8H,3-4,6H2,(H2,14,16)(H,17,18). The van der Waals surface area contributed by atoms with Crippen LogP contribution in [0.1, 0.15) is 16.8 Å². The van der Waals surface area contributed by atoms with E-state index in [1.54, 1.807) is 12.1 Å². The Labute approximate surface area is 109 Å². The van der Waals surface area contributed by atoms with E-state index in [0.29, 0.717) is 30.1 Å². The molecule has 5 nitrogen and oxygen atoms in total. The summed E-state index contributed by atoms with van der Waals surface area (Å²) in [4.78, 5) is 23.8. The lowest BCUT2D eigenvalue weighted by molar-refractivity contribution is -0.140. The fraction of sp³-hybridized carbons (Fsp3) is 0.333. The highest BCUT2D eigenvalue weighted by molar-refractivity contribution is 6.33. The molecule has 2 rings (SSSR count). The first kappa shape index (κ1) is 12.7. The molecule has 3 N–H and O–H groups in total. The molecule has 1 unspecified atom stereocenters. The summed E-state index contributed by atoms with van der Waals surface area (Å²) in [5.41, 5.74) is 6.25. The lowest BCUT2D eigenvalue weighted by Gasteiger charge is -2.19. The van der Waals surface area contributed by atoms with E-state index in [0.717, 1.165) is 5.69 Å². The Hall–Kier alpha value is -1.75. The van der Waals surface area contributed by atoms with Crippen LogP contribution >= 0.6 is 11.6 Å². The molecule has 1 atom stereocenters. The molecule has 18 heavy (non-hydrogen) atoms. The Balaban J connectivity index is 2.20. The first-order valence-electron chi connectivity index (χ1n) is 5.56. The third-order valence-electron chi connectivity index (χ3n) is 3.11. The van der Waals surface area contributed by atoms with E-state index in [2.05, 4.69) is 0 Å². The minimum absolute atomic E-state index is 0.345. The van der Waals surface area contributed by atoms with Gasteiger partial charge in [0.1, 0.15) is 0 Å². The van der Waals surface area contributed by atoms with Crippen LogP contribution < -0.4 is 10.6 Å². The second kappa shape index (κ2) is 4.86. The number of carboxylic acid groups (broad SMARTS) is 1. The summed E-state index contributed by atoms with van der Waals surface area (Å²) in [6.07, 6.45) is 0.600. The van der Waals surface area contributed by atoms with Crippen molar-refractivity contribution >= 4 is 29.2 Å². The third-order valence-corrected chi connectivity index (χ3v) is 3.41. The highest BCUT2D eigenvalue weighted by atomic mass is 35.5. The third kappa shape index (κ3) is 2.41. The second-order valence-corrected chi connectivity index (χ2v) is 4.71. The van der Waals surface area contributed by atoms with Crippen molar-refractivity contribution in [2.24, 2.45) is 11.7 Å². The van der Waals surface area contributed by atoms with Crippen LogP contribution in [0.4, 0.5) is 5.69 Å². The van der Waals surface area contributed by atoms with Crippen LogP contribution in [0.3, 0.4) is 0 Å². The molecule has 1 aliphatic heterocycles. The quantitative estimate of drug-likeness (QED) is 0.867. The van der Waals surface area contributed by atoms with Gasteiger partial charge in [-0.15, -0.1) is 0 Å². The topological polar surface area (TPSA) is 83.6 Å². The summed E-state index contributed by atoms with van der Waals surface area (Å²) in [5.74, 6) is -1.69. The SMILES string of the molecule is NC(=O)c1ccc(N2CCC(C(=O)O)C2)c(Cl)c1. The number of nitrogens with two attached hydrogens (primary N) is 1. The predicted molar refractivity (Wildman–Crippen MR) is 67.9 cm³/mol. The second-order valence-electron chi connectivity index (χ2n) is 4.30. The van der Waals surface area contributed by atoms with Crippen LogP contribution in [0.2, 0.25) is 5.02 Å². The van der Waals surface area contributed by atoms with Crippen molar-refractivity contribution < 1.29 is 14.7 Å². The normalized spacial score (nSPS) is 18.9. The van der Waals surface area contributed by atoms with Gasteiger partial charge in [-0.05, 0) is 24.6 Å². The van der Waals surface area contributed by atoms with Gasteiger partial charge in [-0.2, -0.15) is 0 Å². The van der Waals surface area contributed by atoms with Crippen LogP contribution in [0.25, 0.3) is 0 Å². The number of primary amides is 1. The van der Waals surface area contributed by atoms with Gasteiger partial charge in [0.25, 0.3) is 0 Å². The maximum Gasteiger partial charge on any atom is 0.308 e. The Bertz CT molecular complexity index is 504. The van der Waals surface area contributed by atoms with Gasteiger partial charge in [-0.3, -0.25) is 9.59 Å². The summed E-state index contributed by atoms with van der Waals surface area (Å²) in [6.45, 7) is 1.08. The molecular formula is C12H13ClN2O3. The van der Waals surface area contributed by atoms with Crippen molar-refractivity contribution in [2.75, 3.05) is 18.0 Å². The molecular weight excluding hydrogens is 256 g/mol. The first-order chi connectivity index (χ1) is 8.49. The zero-order chi connectivity index (χ0) is 13.3.